The Kier molecular flexibility index (Phi) is 2.95. The molecule has 0 aliphatic carbocycles. The van der Waals surface area contributed by atoms with Gasteiger partial charge in [0.05, 0.1) is 11.6 Å². The number of aromatic carboxylic acids is 1. The summed E-state index contributed by atoms with van der Waals surface area (Å²) in [5, 5.41) is 17.9. The van der Waals surface area contributed by atoms with Crippen molar-refractivity contribution in [1.29, 1.82) is 0 Å². The Morgan fingerprint density at radius 1 is 1.64 bits per heavy atom. The van der Waals surface area contributed by atoms with Crippen LogP contribution in [-0.4, -0.2) is 23.3 Å². The molecule has 0 radical (unpaired) electrons. The standard InChI is InChI=1S/C8H6BrFO4/c1-14-4-2-3(9)6(10)5(7(4)11)8(12)13/h2,11H,1H3,(H,12,13). The van der Waals surface area contributed by atoms with Crippen molar-refractivity contribution >= 4 is 21.9 Å². The first-order valence-corrected chi connectivity index (χ1v) is 4.26. The molecule has 2 N–H and O–H groups in total. The van der Waals surface area contributed by atoms with Crippen LogP contribution in [0.2, 0.25) is 0 Å². The summed E-state index contributed by atoms with van der Waals surface area (Å²) in [5.41, 5.74) is -0.809. The molecule has 0 amide bonds. The van der Waals surface area contributed by atoms with Gasteiger partial charge in [0.15, 0.2) is 17.3 Å². The summed E-state index contributed by atoms with van der Waals surface area (Å²) in [7, 11) is 1.24. The number of hydrogen-bond donors (Lipinski definition) is 2. The van der Waals surface area contributed by atoms with Crippen molar-refractivity contribution in [3.05, 3.63) is 21.9 Å². The van der Waals surface area contributed by atoms with E-state index in [0.29, 0.717) is 0 Å². The fourth-order valence-corrected chi connectivity index (χ4v) is 1.35. The number of methoxy groups -OCH3 is 1. The third kappa shape index (κ3) is 1.65. The number of carboxylic acid groups (broad SMARTS) is 1. The van der Waals surface area contributed by atoms with Crippen LogP contribution in [0.15, 0.2) is 10.5 Å². The van der Waals surface area contributed by atoms with Gasteiger partial charge in [0.2, 0.25) is 0 Å². The minimum absolute atomic E-state index is 0.0791. The molecule has 0 atom stereocenters. The summed E-state index contributed by atoms with van der Waals surface area (Å²) in [5.74, 6) is -3.41. The van der Waals surface area contributed by atoms with Gasteiger partial charge >= 0.3 is 5.97 Å². The van der Waals surface area contributed by atoms with E-state index >= 15 is 0 Å². The second kappa shape index (κ2) is 3.83. The SMILES string of the molecule is COc1cc(Br)c(F)c(C(=O)O)c1O. The maximum Gasteiger partial charge on any atom is 0.342 e. The quantitative estimate of drug-likeness (QED) is 0.858. The van der Waals surface area contributed by atoms with Crippen LogP contribution in [0.25, 0.3) is 0 Å². The molecule has 0 heterocycles. The Morgan fingerprint density at radius 2 is 2.21 bits per heavy atom. The van der Waals surface area contributed by atoms with Gasteiger partial charge in [-0.3, -0.25) is 0 Å². The number of carboxylic acids is 1. The van der Waals surface area contributed by atoms with Crippen molar-refractivity contribution in [3.8, 4) is 11.5 Å². The number of carbonyl (C=O) groups is 1. The van der Waals surface area contributed by atoms with E-state index in [1.807, 2.05) is 0 Å². The van der Waals surface area contributed by atoms with E-state index in [4.69, 9.17) is 5.11 Å². The average Bonchev–Trinajstić information content (AvgIpc) is 2.11. The molecule has 0 aromatic heterocycles. The minimum Gasteiger partial charge on any atom is -0.504 e. The van der Waals surface area contributed by atoms with Crippen LogP contribution in [-0.2, 0) is 0 Å². The Labute approximate surface area is 87.1 Å². The molecule has 4 nitrogen and oxygen atoms in total. The van der Waals surface area contributed by atoms with Crippen molar-refractivity contribution in [2.75, 3.05) is 7.11 Å². The maximum atomic E-state index is 13.2. The lowest BCUT2D eigenvalue weighted by Crippen LogP contribution is -2.03. The summed E-state index contributed by atoms with van der Waals surface area (Å²) in [6, 6.07) is 1.15. The molecule has 0 unspecified atom stereocenters. The van der Waals surface area contributed by atoms with Crippen LogP contribution in [0.1, 0.15) is 10.4 Å². The summed E-state index contributed by atoms with van der Waals surface area (Å²) >= 11 is 2.81. The molecule has 0 fully saturated rings. The fourth-order valence-electron chi connectivity index (χ4n) is 0.944. The van der Waals surface area contributed by atoms with E-state index < -0.39 is 23.1 Å². The average molecular weight is 265 g/mol. The number of halogens is 2. The third-order valence-electron chi connectivity index (χ3n) is 1.59. The lowest BCUT2D eigenvalue weighted by atomic mass is 10.2. The molecule has 0 bridgehead atoms. The zero-order chi connectivity index (χ0) is 10.9. The van der Waals surface area contributed by atoms with Gasteiger partial charge in [-0.05, 0) is 15.9 Å². The van der Waals surface area contributed by atoms with Crippen LogP contribution in [0.4, 0.5) is 4.39 Å². The van der Waals surface area contributed by atoms with Crippen LogP contribution in [0, 0.1) is 5.82 Å². The van der Waals surface area contributed by atoms with Crippen LogP contribution in [0.3, 0.4) is 0 Å². The number of ether oxygens (including phenoxy) is 1. The van der Waals surface area contributed by atoms with Gasteiger partial charge in [-0.1, -0.05) is 0 Å². The van der Waals surface area contributed by atoms with E-state index in [2.05, 4.69) is 20.7 Å². The highest BCUT2D eigenvalue weighted by molar-refractivity contribution is 9.10. The van der Waals surface area contributed by atoms with Crippen molar-refractivity contribution in [2.45, 2.75) is 0 Å². The Morgan fingerprint density at radius 3 is 2.64 bits per heavy atom. The van der Waals surface area contributed by atoms with Crippen molar-refractivity contribution in [1.82, 2.24) is 0 Å². The normalized spacial score (nSPS) is 9.93. The molecule has 1 rings (SSSR count). The second-order valence-electron chi connectivity index (χ2n) is 2.40. The highest BCUT2D eigenvalue weighted by atomic mass is 79.9. The largest absolute Gasteiger partial charge is 0.504 e. The van der Waals surface area contributed by atoms with Gasteiger partial charge in [-0.2, -0.15) is 0 Å². The first kappa shape index (κ1) is 10.8. The predicted octanol–water partition coefficient (Wildman–Crippen LogP) is 2.00. The molecule has 14 heavy (non-hydrogen) atoms. The summed E-state index contributed by atoms with van der Waals surface area (Å²) in [6.45, 7) is 0. The highest BCUT2D eigenvalue weighted by Gasteiger charge is 2.22. The first-order valence-electron chi connectivity index (χ1n) is 3.47. The zero-order valence-corrected chi connectivity index (χ0v) is 8.63. The van der Waals surface area contributed by atoms with E-state index in [9.17, 15) is 14.3 Å². The summed E-state index contributed by atoms with van der Waals surface area (Å²) in [6.07, 6.45) is 0. The highest BCUT2D eigenvalue weighted by Crippen LogP contribution is 2.36. The van der Waals surface area contributed by atoms with Gasteiger partial charge in [0, 0.05) is 6.07 Å². The van der Waals surface area contributed by atoms with E-state index in [1.165, 1.54) is 7.11 Å². The molecule has 1 aromatic rings. The first-order chi connectivity index (χ1) is 6.49. The summed E-state index contributed by atoms with van der Waals surface area (Å²) < 4.78 is 17.8. The van der Waals surface area contributed by atoms with Gasteiger partial charge in [0.1, 0.15) is 5.56 Å². The molecular formula is C8H6BrFO4. The van der Waals surface area contributed by atoms with Crippen molar-refractivity contribution in [2.24, 2.45) is 0 Å². The lowest BCUT2D eigenvalue weighted by Gasteiger charge is -2.08. The molecule has 6 heteroatoms. The van der Waals surface area contributed by atoms with Crippen LogP contribution in [0.5, 0.6) is 11.5 Å². The lowest BCUT2D eigenvalue weighted by molar-refractivity contribution is 0.0687. The summed E-state index contributed by atoms with van der Waals surface area (Å²) in [4.78, 5) is 10.6. The van der Waals surface area contributed by atoms with Gasteiger partial charge in [-0.15, -0.1) is 0 Å². The zero-order valence-electron chi connectivity index (χ0n) is 7.04. The van der Waals surface area contributed by atoms with E-state index in [-0.39, 0.29) is 10.2 Å². The fraction of sp³-hybridized carbons (Fsp3) is 0.125. The Balaban J connectivity index is 3.53. The van der Waals surface area contributed by atoms with Crippen LogP contribution >= 0.6 is 15.9 Å². The maximum absolute atomic E-state index is 13.2. The van der Waals surface area contributed by atoms with E-state index in [0.717, 1.165) is 6.07 Å². The van der Waals surface area contributed by atoms with Gasteiger partial charge in [0.25, 0.3) is 0 Å². The van der Waals surface area contributed by atoms with Gasteiger partial charge < -0.3 is 14.9 Å². The number of rotatable bonds is 2. The van der Waals surface area contributed by atoms with Crippen LogP contribution < -0.4 is 4.74 Å². The van der Waals surface area contributed by atoms with Gasteiger partial charge in [-0.25, -0.2) is 9.18 Å². The second-order valence-corrected chi connectivity index (χ2v) is 3.26. The number of aromatic hydroxyl groups is 1. The molecule has 0 aliphatic heterocycles. The van der Waals surface area contributed by atoms with E-state index in [1.54, 1.807) is 0 Å². The van der Waals surface area contributed by atoms with Crippen molar-refractivity contribution < 1.29 is 24.1 Å². The monoisotopic (exact) mass is 264 g/mol. The minimum atomic E-state index is -1.56. The molecular weight excluding hydrogens is 259 g/mol. The Bertz CT molecular complexity index is 391. The molecule has 0 aliphatic rings. The molecule has 0 spiro atoms. The molecule has 0 saturated carbocycles. The Hall–Kier alpha value is -1.30. The van der Waals surface area contributed by atoms with Crippen molar-refractivity contribution in [3.63, 3.8) is 0 Å². The third-order valence-corrected chi connectivity index (χ3v) is 2.17. The molecule has 1 aromatic carbocycles. The smallest absolute Gasteiger partial charge is 0.342 e. The predicted molar refractivity (Wildman–Crippen MR) is 49.3 cm³/mol. The topological polar surface area (TPSA) is 66.8 Å². The molecule has 76 valence electrons. The number of benzene rings is 1. The number of phenols is 1. The molecule has 0 saturated heterocycles. The number of hydrogen-bond acceptors (Lipinski definition) is 3.